The van der Waals surface area contributed by atoms with E-state index in [2.05, 4.69) is 23.0 Å². The summed E-state index contributed by atoms with van der Waals surface area (Å²) in [5.74, 6) is 0. The molecule has 0 radical (unpaired) electrons. The lowest BCUT2D eigenvalue weighted by Crippen LogP contribution is -1.60. The number of aromatic nitrogens is 2. The summed E-state index contributed by atoms with van der Waals surface area (Å²) in [6.45, 7) is 2.08. The third-order valence-corrected chi connectivity index (χ3v) is 2.50. The first-order valence-corrected chi connectivity index (χ1v) is 4.16. The van der Waals surface area contributed by atoms with Gasteiger partial charge in [-0.2, -0.15) is 0 Å². The van der Waals surface area contributed by atoms with Crippen molar-refractivity contribution in [3.8, 4) is 0 Å². The van der Waals surface area contributed by atoms with E-state index in [0.717, 1.165) is 10.3 Å². The zero-order valence-electron chi connectivity index (χ0n) is 5.39. The molecule has 10 heavy (non-hydrogen) atoms. The van der Waals surface area contributed by atoms with E-state index in [1.54, 1.807) is 11.3 Å². The number of aromatic amines is 2. The molecule has 0 aliphatic rings. The maximum Gasteiger partial charge on any atom is 0.176 e. The van der Waals surface area contributed by atoms with E-state index >= 15 is 0 Å². The number of nitrogens with one attached hydrogen (secondary N) is 2. The standard InChI is InChI=1S/C6H6N2S2/c1-3-2-4-5(10-3)8-6(9)7-4/h2H,1H3,(H2,7,8,9). The molecule has 4 heteroatoms. The van der Waals surface area contributed by atoms with Gasteiger partial charge in [-0.05, 0) is 25.2 Å². The van der Waals surface area contributed by atoms with Crippen molar-refractivity contribution in [1.29, 1.82) is 0 Å². The highest BCUT2D eigenvalue weighted by molar-refractivity contribution is 7.71. The van der Waals surface area contributed by atoms with Gasteiger partial charge in [-0.15, -0.1) is 11.3 Å². The zero-order valence-corrected chi connectivity index (χ0v) is 7.03. The van der Waals surface area contributed by atoms with Crippen LogP contribution in [0.4, 0.5) is 0 Å². The molecule has 0 aromatic carbocycles. The number of hydrogen-bond donors (Lipinski definition) is 2. The summed E-state index contributed by atoms with van der Waals surface area (Å²) in [5, 5.41) is 0. The van der Waals surface area contributed by atoms with Gasteiger partial charge in [0.2, 0.25) is 0 Å². The Morgan fingerprint density at radius 3 is 3.00 bits per heavy atom. The lowest BCUT2D eigenvalue weighted by molar-refractivity contribution is 1.30. The molecule has 2 nitrogen and oxygen atoms in total. The largest absolute Gasteiger partial charge is 0.330 e. The van der Waals surface area contributed by atoms with Crippen molar-refractivity contribution >= 4 is 33.9 Å². The van der Waals surface area contributed by atoms with Crippen molar-refractivity contribution in [2.24, 2.45) is 0 Å². The molecular formula is C6H6N2S2. The van der Waals surface area contributed by atoms with Gasteiger partial charge in [0.1, 0.15) is 4.83 Å². The molecule has 0 unspecified atom stereocenters. The zero-order chi connectivity index (χ0) is 7.14. The maximum atomic E-state index is 4.91. The molecule has 2 N–H and O–H groups in total. The molecular weight excluding hydrogens is 164 g/mol. The molecule has 52 valence electrons. The fourth-order valence-corrected chi connectivity index (χ4v) is 2.10. The minimum Gasteiger partial charge on any atom is -0.330 e. The SMILES string of the molecule is Cc1cc2[nH]c(=S)[nH]c2s1. The Morgan fingerprint density at radius 2 is 2.30 bits per heavy atom. The second-order valence-electron chi connectivity index (χ2n) is 2.18. The summed E-state index contributed by atoms with van der Waals surface area (Å²) in [6.07, 6.45) is 0. The molecule has 0 amide bonds. The third kappa shape index (κ3) is 0.803. The fraction of sp³-hybridized carbons (Fsp3) is 0.167. The van der Waals surface area contributed by atoms with Crippen LogP contribution in [0, 0.1) is 11.7 Å². The Kier molecular flexibility index (Phi) is 1.18. The van der Waals surface area contributed by atoms with Gasteiger partial charge in [0.05, 0.1) is 5.52 Å². The third-order valence-electron chi connectivity index (χ3n) is 1.33. The molecule has 0 saturated heterocycles. The van der Waals surface area contributed by atoms with Gasteiger partial charge in [-0.3, -0.25) is 0 Å². The average molecular weight is 170 g/mol. The molecule has 0 aliphatic heterocycles. The molecule has 0 aliphatic carbocycles. The Hall–Kier alpha value is -0.610. The Labute approximate surface area is 66.9 Å². The van der Waals surface area contributed by atoms with Crippen molar-refractivity contribution in [1.82, 2.24) is 9.97 Å². The molecule has 2 heterocycles. The Balaban J connectivity index is 2.95. The Morgan fingerprint density at radius 1 is 1.50 bits per heavy atom. The molecule has 0 bridgehead atoms. The minimum absolute atomic E-state index is 0.709. The van der Waals surface area contributed by atoms with Gasteiger partial charge in [0.25, 0.3) is 0 Å². The molecule has 2 aromatic rings. The molecule has 0 saturated carbocycles. The van der Waals surface area contributed by atoms with Crippen LogP contribution in [0.3, 0.4) is 0 Å². The molecule has 2 rings (SSSR count). The van der Waals surface area contributed by atoms with E-state index in [1.807, 2.05) is 0 Å². The first kappa shape index (κ1) is 6.12. The smallest absolute Gasteiger partial charge is 0.176 e. The van der Waals surface area contributed by atoms with Gasteiger partial charge in [0.15, 0.2) is 4.77 Å². The van der Waals surface area contributed by atoms with Gasteiger partial charge < -0.3 is 9.97 Å². The maximum absolute atomic E-state index is 4.91. The highest BCUT2D eigenvalue weighted by Gasteiger charge is 1.97. The minimum atomic E-state index is 0.709. The summed E-state index contributed by atoms with van der Waals surface area (Å²) in [4.78, 5) is 8.55. The number of hydrogen-bond acceptors (Lipinski definition) is 2. The summed E-state index contributed by atoms with van der Waals surface area (Å²) in [5.41, 5.74) is 1.12. The predicted molar refractivity (Wildman–Crippen MR) is 46.1 cm³/mol. The van der Waals surface area contributed by atoms with Crippen molar-refractivity contribution < 1.29 is 0 Å². The van der Waals surface area contributed by atoms with Crippen LogP contribution in [0.25, 0.3) is 10.3 Å². The highest BCUT2D eigenvalue weighted by Crippen LogP contribution is 2.20. The summed E-state index contributed by atoms with van der Waals surface area (Å²) in [7, 11) is 0. The predicted octanol–water partition coefficient (Wildman–Crippen LogP) is 2.60. The van der Waals surface area contributed by atoms with Crippen LogP contribution in [-0.2, 0) is 0 Å². The van der Waals surface area contributed by atoms with Gasteiger partial charge in [-0.1, -0.05) is 0 Å². The number of thiophene rings is 1. The van der Waals surface area contributed by atoms with Crippen molar-refractivity contribution in [2.75, 3.05) is 0 Å². The van der Waals surface area contributed by atoms with Crippen LogP contribution in [0.1, 0.15) is 4.88 Å². The van der Waals surface area contributed by atoms with E-state index in [1.165, 1.54) is 4.88 Å². The van der Waals surface area contributed by atoms with E-state index in [9.17, 15) is 0 Å². The van der Waals surface area contributed by atoms with E-state index in [0.29, 0.717) is 4.77 Å². The quantitative estimate of drug-likeness (QED) is 0.585. The van der Waals surface area contributed by atoms with Crippen LogP contribution in [-0.4, -0.2) is 9.97 Å². The van der Waals surface area contributed by atoms with Crippen LogP contribution in [0.15, 0.2) is 6.07 Å². The molecule has 0 atom stereocenters. The molecule has 2 aromatic heterocycles. The van der Waals surface area contributed by atoms with Crippen molar-refractivity contribution in [2.45, 2.75) is 6.92 Å². The van der Waals surface area contributed by atoms with E-state index < -0.39 is 0 Å². The van der Waals surface area contributed by atoms with Crippen LogP contribution >= 0.6 is 23.6 Å². The van der Waals surface area contributed by atoms with Crippen LogP contribution in [0.5, 0.6) is 0 Å². The summed E-state index contributed by atoms with van der Waals surface area (Å²) >= 11 is 6.62. The van der Waals surface area contributed by atoms with Gasteiger partial charge in [-0.25, -0.2) is 0 Å². The first-order chi connectivity index (χ1) is 4.75. The van der Waals surface area contributed by atoms with Crippen LogP contribution in [0.2, 0.25) is 0 Å². The Bertz CT molecular complexity index is 372. The number of rotatable bonds is 0. The lowest BCUT2D eigenvalue weighted by atomic mass is 10.5. The van der Waals surface area contributed by atoms with E-state index in [-0.39, 0.29) is 0 Å². The second-order valence-corrected chi connectivity index (χ2v) is 3.84. The lowest BCUT2D eigenvalue weighted by Gasteiger charge is -1.72. The normalized spacial score (nSPS) is 10.9. The number of aryl methyl sites for hydroxylation is 1. The molecule has 0 fully saturated rings. The summed E-state index contributed by atoms with van der Waals surface area (Å²) in [6, 6.07) is 2.09. The monoisotopic (exact) mass is 170 g/mol. The van der Waals surface area contributed by atoms with Crippen molar-refractivity contribution in [3.63, 3.8) is 0 Å². The topological polar surface area (TPSA) is 31.6 Å². The fourth-order valence-electron chi connectivity index (χ4n) is 0.957. The molecule has 0 spiro atoms. The highest BCUT2D eigenvalue weighted by atomic mass is 32.1. The van der Waals surface area contributed by atoms with Crippen LogP contribution < -0.4 is 0 Å². The number of H-pyrrole nitrogens is 2. The number of fused-ring (bicyclic) bond motifs is 1. The number of imidazole rings is 1. The van der Waals surface area contributed by atoms with Crippen molar-refractivity contribution in [3.05, 3.63) is 15.7 Å². The summed E-state index contributed by atoms with van der Waals surface area (Å²) < 4.78 is 0.709. The van der Waals surface area contributed by atoms with E-state index in [4.69, 9.17) is 12.2 Å². The second kappa shape index (κ2) is 1.93. The van der Waals surface area contributed by atoms with Gasteiger partial charge in [0, 0.05) is 4.88 Å². The first-order valence-electron chi connectivity index (χ1n) is 2.94. The average Bonchev–Trinajstić information content (AvgIpc) is 2.21. The van der Waals surface area contributed by atoms with Gasteiger partial charge >= 0.3 is 0 Å².